The lowest BCUT2D eigenvalue weighted by Crippen LogP contribution is -2.39. The molecular formula is C17H23ClIN5. The third-order valence-electron chi connectivity index (χ3n) is 4.03. The molecule has 1 fully saturated rings. The van der Waals surface area contributed by atoms with Crippen molar-refractivity contribution in [3.63, 3.8) is 0 Å². The van der Waals surface area contributed by atoms with Crippen LogP contribution in [0.2, 0.25) is 5.02 Å². The summed E-state index contributed by atoms with van der Waals surface area (Å²) in [4.78, 5) is 4.29. The molecule has 2 atom stereocenters. The topological polar surface area (TPSA) is 54.2 Å². The first-order valence-corrected chi connectivity index (χ1v) is 8.34. The van der Waals surface area contributed by atoms with Gasteiger partial charge in [-0.25, -0.2) is 0 Å². The van der Waals surface area contributed by atoms with Gasteiger partial charge in [-0.3, -0.25) is 9.67 Å². The van der Waals surface area contributed by atoms with Crippen LogP contribution in [0, 0.1) is 0 Å². The molecule has 0 spiro atoms. The number of benzene rings is 1. The Hall–Kier alpha value is -1.28. The van der Waals surface area contributed by atoms with E-state index in [1.807, 2.05) is 35.1 Å². The summed E-state index contributed by atoms with van der Waals surface area (Å²) < 4.78 is 1.94. The Morgan fingerprint density at radius 3 is 3.00 bits per heavy atom. The van der Waals surface area contributed by atoms with E-state index in [1.54, 1.807) is 13.2 Å². The fourth-order valence-corrected chi connectivity index (χ4v) is 2.91. The lowest BCUT2D eigenvalue weighted by molar-refractivity contribution is 0.570. The predicted molar refractivity (Wildman–Crippen MR) is 109 cm³/mol. The maximum Gasteiger partial charge on any atom is 0.191 e. The Morgan fingerprint density at radius 2 is 2.29 bits per heavy atom. The van der Waals surface area contributed by atoms with E-state index >= 15 is 0 Å². The number of nitrogens with zero attached hydrogens (tertiary/aromatic N) is 3. The summed E-state index contributed by atoms with van der Waals surface area (Å²) in [6, 6.07) is 10.5. The van der Waals surface area contributed by atoms with Crippen LogP contribution in [-0.2, 0) is 6.54 Å². The van der Waals surface area contributed by atoms with Crippen LogP contribution in [0.1, 0.15) is 24.3 Å². The van der Waals surface area contributed by atoms with Crippen LogP contribution in [0.15, 0.2) is 47.7 Å². The van der Waals surface area contributed by atoms with Crippen LogP contribution in [0.5, 0.6) is 0 Å². The van der Waals surface area contributed by atoms with Gasteiger partial charge in [-0.2, -0.15) is 5.10 Å². The minimum Gasteiger partial charge on any atom is -0.356 e. The molecule has 0 amide bonds. The molecule has 1 aliphatic carbocycles. The number of rotatable bonds is 6. The SMILES string of the molecule is CN=C(NCCCn1cccn1)NC1CC1c1cccc(Cl)c1.I. The molecule has 1 heterocycles. The zero-order chi connectivity index (χ0) is 16.1. The molecule has 2 aromatic rings. The molecule has 5 nitrogen and oxygen atoms in total. The molecule has 2 unspecified atom stereocenters. The lowest BCUT2D eigenvalue weighted by atomic mass is 10.1. The average Bonchev–Trinajstić information content (AvgIpc) is 3.13. The van der Waals surface area contributed by atoms with E-state index in [-0.39, 0.29) is 24.0 Å². The maximum atomic E-state index is 6.06. The molecule has 1 aliphatic rings. The number of aliphatic imine (C=N–C) groups is 1. The van der Waals surface area contributed by atoms with Crippen molar-refractivity contribution in [3.8, 4) is 0 Å². The Morgan fingerprint density at radius 1 is 1.42 bits per heavy atom. The fourth-order valence-electron chi connectivity index (χ4n) is 2.71. The van der Waals surface area contributed by atoms with Crippen molar-refractivity contribution in [3.05, 3.63) is 53.3 Å². The van der Waals surface area contributed by atoms with Gasteiger partial charge in [-0.15, -0.1) is 24.0 Å². The first-order chi connectivity index (χ1) is 11.3. The van der Waals surface area contributed by atoms with Crippen molar-refractivity contribution in [2.45, 2.75) is 31.3 Å². The van der Waals surface area contributed by atoms with E-state index in [1.165, 1.54) is 5.56 Å². The summed E-state index contributed by atoms with van der Waals surface area (Å²) in [5.41, 5.74) is 1.30. The highest BCUT2D eigenvalue weighted by Crippen LogP contribution is 2.41. The Kier molecular flexibility index (Phi) is 7.36. The highest BCUT2D eigenvalue weighted by atomic mass is 127. The van der Waals surface area contributed by atoms with Crippen molar-refractivity contribution >= 4 is 41.5 Å². The van der Waals surface area contributed by atoms with Gasteiger partial charge in [0, 0.05) is 49.5 Å². The molecule has 7 heteroatoms. The summed E-state index contributed by atoms with van der Waals surface area (Å²) in [5.74, 6) is 1.39. The first-order valence-electron chi connectivity index (χ1n) is 7.96. The molecule has 0 radical (unpaired) electrons. The van der Waals surface area contributed by atoms with E-state index < -0.39 is 0 Å². The molecule has 1 saturated carbocycles. The predicted octanol–water partition coefficient (Wildman–Crippen LogP) is 3.27. The van der Waals surface area contributed by atoms with Crippen molar-refractivity contribution in [1.82, 2.24) is 20.4 Å². The van der Waals surface area contributed by atoms with Crippen molar-refractivity contribution < 1.29 is 0 Å². The number of hydrogen-bond acceptors (Lipinski definition) is 2. The molecule has 0 saturated heterocycles. The van der Waals surface area contributed by atoms with Crippen LogP contribution < -0.4 is 10.6 Å². The second-order valence-electron chi connectivity index (χ2n) is 5.77. The van der Waals surface area contributed by atoms with E-state index in [0.717, 1.165) is 36.9 Å². The van der Waals surface area contributed by atoms with Gasteiger partial charge in [0.05, 0.1) is 0 Å². The third-order valence-corrected chi connectivity index (χ3v) is 4.26. The monoisotopic (exact) mass is 459 g/mol. The highest BCUT2D eigenvalue weighted by Gasteiger charge is 2.39. The van der Waals surface area contributed by atoms with Crippen LogP contribution in [-0.4, -0.2) is 35.4 Å². The smallest absolute Gasteiger partial charge is 0.191 e. The van der Waals surface area contributed by atoms with Gasteiger partial charge < -0.3 is 10.6 Å². The number of aryl methyl sites for hydroxylation is 1. The Balaban J connectivity index is 0.00000208. The molecule has 0 bridgehead atoms. The van der Waals surface area contributed by atoms with Crippen molar-refractivity contribution in [1.29, 1.82) is 0 Å². The maximum absolute atomic E-state index is 6.06. The highest BCUT2D eigenvalue weighted by molar-refractivity contribution is 14.0. The largest absolute Gasteiger partial charge is 0.356 e. The molecular weight excluding hydrogens is 437 g/mol. The van der Waals surface area contributed by atoms with Gasteiger partial charge in [-0.1, -0.05) is 23.7 Å². The Labute approximate surface area is 164 Å². The van der Waals surface area contributed by atoms with Crippen molar-refractivity contribution in [2.75, 3.05) is 13.6 Å². The lowest BCUT2D eigenvalue weighted by Gasteiger charge is -2.12. The second-order valence-corrected chi connectivity index (χ2v) is 6.21. The standard InChI is InChI=1S/C17H22ClN5.HI/c1-19-17(20-7-3-9-23-10-4-8-21-23)22-16-12-15(16)13-5-2-6-14(18)11-13;/h2,4-6,8,10-11,15-16H,3,7,9,12H2,1H3,(H2,19,20,22);1H. The quantitative estimate of drug-likeness (QED) is 0.302. The van der Waals surface area contributed by atoms with E-state index in [4.69, 9.17) is 11.6 Å². The minimum atomic E-state index is 0. The minimum absolute atomic E-state index is 0. The van der Waals surface area contributed by atoms with Gasteiger partial charge in [0.2, 0.25) is 0 Å². The fraction of sp³-hybridized carbons (Fsp3) is 0.412. The third kappa shape index (κ3) is 5.37. The van der Waals surface area contributed by atoms with Gasteiger partial charge in [0.1, 0.15) is 0 Å². The van der Waals surface area contributed by atoms with Crippen LogP contribution >= 0.6 is 35.6 Å². The molecule has 1 aromatic heterocycles. The number of aromatic nitrogens is 2. The second kappa shape index (κ2) is 9.27. The van der Waals surface area contributed by atoms with Crippen LogP contribution in [0.3, 0.4) is 0 Å². The average molecular weight is 460 g/mol. The van der Waals surface area contributed by atoms with Gasteiger partial charge in [0.15, 0.2) is 5.96 Å². The zero-order valence-electron chi connectivity index (χ0n) is 13.7. The van der Waals surface area contributed by atoms with Gasteiger partial charge in [-0.05, 0) is 36.6 Å². The first kappa shape index (κ1) is 19.1. The zero-order valence-corrected chi connectivity index (χ0v) is 16.7. The molecule has 130 valence electrons. The normalized spacial score (nSPS) is 19.5. The summed E-state index contributed by atoms with van der Waals surface area (Å²) in [6.07, 6.45) is 5.91. The summed E-state index contributed by atoms with van der Waals surface area (Å²) in [7, 11) is 1.81. The van der Waals surface area contributed by atoms with Crippen molar-refractivity contribution in [2.24, 2.45) is 4.99 Å². The van der Waals surface area contributed by atoms with Gasteiger partial charge >= 0.3 is 0 Å². The molecule has 3 rings (SSSR count). The summed E-state index contributed by atoms with van der Waals surface area (Å²) in [5, 5.41) is 11.8. The van der Waals surface area contributed by atoms with Crippen LogP contribution in [0.25, 0.3) is 0 Å². The number of nitrogens with one attached hydrogen (secondary N) is 2. The molecule has 1 aromatic carbocycles. The number of guanidine groups is 1. The molecule has 0 aliphatic heterocycles. The van der Waals surface area contributed by atoms with Crippen LogP contribution in [0.4, 0.5) is 0 Å². The Bertz CT molecular complexity index is 659. The summed E-state index contributed by atoms with van der Waals surface area (Å²) in [6.45, 7) is 1.78. The van der Waals surface area contributed by atoms with E-state index in [0.29, 0.717) is 12.0 Å². The number of halogens is 2. The summed E-state index contributed by atoms with van der Waals surface area (Å²) >= 11 is 6.06. The number of hydrogen-bond donors (Lipinski definition) is 2. The molecule has 2 N–H and O–H groups in total. The van der Waals surface area contributed by atoms with E-state index in [2.05, 4.69) is 26.8 Å². The van der Waals surface area contributed by atoms with Gasteiger partial charge in [0.25, 0.3) is 0 Å². The molecule has 24 heavy (non-hydrogen) atoms. The van der Waals surface area contributed by atoms with E-state index in [9.17, 15) is 0 Å².